The number of rotatable bonds is 1. The van der Waals surface area contributed by atoms with Gasteiger partial charge in [0.2, 0.25) is 0 Å². The first-order valence-electron chi connectivity index (χ1n) is 5.83. The third-order valence-corrected chi connectivity index (χ3v) is 3.39. The fraction of sp³-hybridized carbons (Fsp3) is 0.200. The van der Waals surface area contributed by atoms with Crippen LogP contribution in [0.5, 0.6) is 0 Å². The van der Waals surface area contributed by atoms with E-state index in [0.717, 1.165) is 17.5 Å². The van der Waals surface area contributed by atoms with Gasteiger partial charge in [-0.1, -0.05) is 18.2 Å². The quantitative estimate of drug-likeness (QED) is 0.743. The normalized spacial score (nSPS) is 13.8. The lowest BCUT2D eigenvalue weighted by atomic mass is 9.95. The summed E-state index contributed by atoms with van der Waals surface area (Å²) in [5.74, 6) is 0.272. The van der Waals surface area contributed by atoms with Gasteiger partial charge in [-0.2, -0.15) is 0 Å². The summed E-state index contributed by atoms with van der Waals surface area (Å²) in [6, 6.07) is 8.02. The summed E-state index contributed by atoms with van der Waals surface area (Å²) >= 11 is 0. The van der Waals surface area contributed by atoms with Gasteiger partial charge in [-0.25, -0.2) is 0 Å². The van der Waals surface area contributed by atoms with Gasteiger partial charge in [-0.3, -0.25) is 9.78 Å². The minimum absolute atomic E-state index is 0.272. The van der Waals surface area contributed by atoms with E-state index in [2.05, 4.69) is 18.0 Å². The topological polar surface area (TPSA) is 30.0 Å². The Bertz CT molecular complexity index is 602. The number of carbonyl (C=O) groups is 1. The summed E-state index contributed by atoms with van der Waals surface area (Å²) in [6.45, 7) is 2.05. The molecule has 2 heteroatoms. The van der Waals surface area contributed by atoms with Crippen LogP contribution in [0.1, 0.15) is 27.9 Å². The van der Waals surface area contributed by atoms with Crippen molar-refractivity contribution < 1.29 is 4.79 Å². The van der Waals surface area contributed by atoms with Crippen molar-refractivity contribution in [1.82, 2.24) is 4.98 Å². The summed E-state index contributed by atoms with van der Waals surface area (Å²) < 4.78 is 0. The summed E-state index contributed by atoms with van der Waals surface area (Å²) in [6.07, 6.45) is 5.19. The van der Waals surface area contributed by atoms with Gasteiger partial charge in [0.05, 0.1) is 0 Å². The molecular formula is C15H13NO. The molecular weight excluding hydrogens is 210 g/mol. The minimum atomic E-state index is 0.272. The van der Waals surface area contributed by atoms with E-state index in [1.54, 1.807) is 6.20 Å². The molecule has 84 valence electrons. The van der Waals surface area contributed by atoms with Crippen molar-refractivity contribution in [2.45, 2.75) is 19.8 Å². The third-order valence-electron chi connectivity index (χ3n) is 3.39. The molecule has 1 heterocycles. The van der Waals surface area contributed by atoms with Crippen LogP contribution in [0.4, 0.5) is 0 Å². The first kappa shape index (κ1) is 10.2. The molecule has 0 amide bonds. The van der Waals surface area contributed by atoms with E-state index in [-0.39, 0.29) is 5.78 Å². The molecule has 0 unspecified atom stereocenters. The van der Waals surface area contributed by atoms with Crippen molar-refractivity contribution in [2.75, 3.05) is 0 Å². The molecule has 0 saturated carbocycles. The van der Waals surface area contributed by atoms with Crippen LogP contribution in [0.2, 0.25) is 0 Å². The number of aromatic nitrogens is 1. The molecule has 0 fully saturated rings. The van der Waals surface area contributed by atoms with Crippen molar-refractivity contribution in [2.24, 2.45) is 0 Å². The summed E-state index contributed by atoms with van der Waals surface area (Å²) in [7, 11) is 0. The summed E-state index contributed by atoms with van der Waals surface area (Å²) in [5.41, 5.74) is 5.63. The first-order valence-corrected chi connectivity index (χ1v) is 5.83. The number of pyridine rings is 1. The molecule has 0 aliphatic heterocycles. The molecule has 2 nitrogen and oxygen atoms in total. The van der Waals surface area contributed by atoms with Crippen molar-refractivity contribution in [1.29, 1.82) is 0 Å². The molecule has 17 heavy (non-hydrogen) atoms. The highest BCUT2D eigenvalue weighted by Gasteiger charge is 2.22. The lowest BCUT2D eigenvalue weighted by Gasteiger charge is -2.10. The summed E-state index contributed by atoms with van der Waals surface area (Å²) in [4.78, 5) is 15.8. The Morgan fingerprint density at radius 3 is 2.71 bits per heavy atom. The van der Waals surface area contributed by atoms with Gasteiger partial charge in [0, 0.05) is 24.4 Å². The Labute approximate surface area is 100 Å². The van der Waals surface area contributed by atoms with Gasteiger partial charge in [0.25, 0.3) is 0 Å². The van der Waals surface area contributed by atoms with Crippen LogP contribution in [-0.4, -0.2) is 10.8 Å². The second-order valence-electron chi connectivity index (χ2n) is 4.45. The average molecular weight is 223 g/mol. The van der Waals surface area contributed by atoms with Gasteiger partial charge >= 0.3 is 0 Å². The zero-order chi connectivity index (χ0) is 11.8. The van der Waals surface area contributed by atoms with E-state index in [0.29, 0.717) is 6.42 Å². The Kier molecular flexibility index (Phi) is 2.29. The number of fused-ring (bicyclic) bond motifs is 1. The zero-order valence-electron chi connectivity index (χ0n) is 9.73. The lowest BCUT2D eigenvalue weighted by Crippen LogP contribution is -1.93. The molecule has 1 aromatic heterocycles. The molecule has 0 bridgehead atoms. The van der Waals surface area contributed by atoms with Crippen LogP contribution in [0.25, 0.3) is 11.1 Å². The minimum Gasteiger partial charge on any atom is -0.294 e. The SMILES string of the molecule is Cc1cnccc1-c1cccc2c1CCC2=O. The molecule has 0 radical (unpaired) electrons. The van der Waals surface area contributed by atoms with Crippen molar-refractivity contribution >= 4 is 5.78 Å². The van der Waals surface area contributed by atoms with Crippen LogP contribution in [0, 0.1) is 6.92 Å². The van der Waals surface area contributed by atoms with E-state index >= 15 is 0 Å². The Hall–Kier alpha value is -1.96. The van der Waals surface area contributed by atoms with Gasteiger partial charge in [0.1, 0.15) is 0 Å². The first-order chi connectivity index (χ1) is 8.27. The smallest absolute Gasteiger partial charge is 0.163 e. The number of carbonyl (C=O) groups excluding carboxylic acids is 1. The fourth-order valence-electron chi connectivity index (χ4n) is 2.52. The Morgan fingerprint density at radius 1 is 1.06 bits per heavy atom. The largest absolute Gasteiger partial charge is 0.294 e. The van der Waals surface area contributed by atoms with E-state index in [9.17, 15) is 4.79 Å². The highest BCUT2D eigenvalue weighted by Crippen LogP contribution is 2.33. The van der Waals surface area contributed by atoms with Gasteiger partial charge < -0.3 is 0 Å². The second-order valence-corrected chi connectivity index (χ2v) is 4.45. The number of Topliss-reactive ketones (excluding diaryl/α,β-unsaturated/α-hetero) is 1. The van der Waals surface area contributed by atoms with Crippen molar-refractivity contribution in [3.63, 3.8) is 0 Å². The number of aryl methyl sites for hydroxylation is 1. The third kappa shape index (κ3) is 1.57. The number of benzene rings is 1. The monoisotopic (exact) mass is 223 g/mol. The number of ketones is 1. The standard InChI is InChI=1S/C15H13NO/c1-10-9-16-8-7-11(10)12-3-2-4-14-13(12)5-6-15(14)17/h2-4,7-9H,5-6H2,1H3. The van der Waals surface area contributed by atoms with Crippen LogP contribution in [-0.2, 0) is 6.42 Å². The molecule has 0 saturated heterocycles. The van der Waals surface area contributed by atoms with Crippen LogP contribution >= 0.6 is 0 Å². The van der Waals surface area contributed by atoms with E-state index in [1.807, 2.05) is 24.4 Å². The van der Waals surface area contributed by atoms with Crippen molar-refractivity contribution in [3.8, 4) is 11.1 Å². The lowest BCUT2D eigenvalue weighted by molar-refractivity contribution is 0.0994. The van der Waals surface area contributed by atoms with E-state index < -0.39 is 0 Å². The predicted molar refractivity (Wildman–Crippen MR) is 67.1 cm³/mol. The van der Waals surface area contributed by atoms with Gasteiger partial charge in [-0.15, -0.1) is 0 Å². The molecule has 0 spiro atoms. The maximum Gasteiger partial charge on any atom is 0.163 e. The average Bonchev–Trinajstić information content (AvgIpc) is 2.72. The van der Waals surface area contributed by atoms with E-state index in [4.69, 9.17) is 0 Å². The highest BCUT2D eigenvalue weighted by atomic mass is 16.1. The molecule has 0 N–H and O–H groups in total. The molecule has 0 atom stereocenters. The number of hydrogen-bond donors (Lipinski definition) is 0. The van der Waals surface area contributed by atoms with Crippen molar-refractivity contribution in [3.05, 3.63) is 53.3 Å². The molecule has 1 aliphatic rings. The van der Waals surface area contributed by atoms with Crippen LogP contribution in [0.15, 0.2) is 36.7 Å². The number of hydrogen-bond acceptors (Lipinski definition) is 2. The molecule has 1 aliphatic carbocycles. The van der Waals surface area contributed by atoms with E-state index in [1.165, 1.54) is 16.7 Å². The van der Waals surface area contributed by atoms with Gasteiger partial charge in [0.15, 0.2) is 5.78 Å². The second kappa shape index (κ2) is 3.81. The number of nitrogens with zero attached hydrogens (tertiary/aromatic N) is 1. The highest BCUT2D eigenvalue weighted by molar-refractivity contribution is 6.02. The summed E-state index contributed by atoms with van der Waals surface area (Å²) in [5, 5.41) is 0. The maximum atomic E-state index is 11.7. The van der Waals surface area contributed by atoms with Gasteiger partial charge in [-0.05, 0) is 41.7 Å². The zero-order valence-corrected chi connectivity index (χ0v) is 9.73. The fourth-order valence-corrected chi connectivity index (χ4v) is 2.52. The van der Waals surface area contributed by atoms with Crippen LogP contribution < -0.4 is 0 Å². The predicted octanol–water partition coefficient (Wildman–Crippen LogP) is 3.19. The molecule has 2 aromatic rings. The Balaban J connectivity index is 2.24. The maximum absolute atomic E-state index is 11.7. The Morgan fingerprint density at radius 2 is 1.88 bits per heavy atom. The van der Waals surface area contributed by atoms with Crippen LogP contribution in [0.3, 0.4) is 0 Å². The molecule has 3 rings (SSSR count). The molecule has 1 aromatic carbocycles.